The maximum Gasteiger partial charge on any atom is 0.434 e. The Labute approximate surface area is 189 Å². The Balaban J connectivity index is 1.55. The van der Waals surface area contributed by atoms with E-state index in [4.69, 9.17) is 9.47 Å². The van der Waals surface area contributed by atoms with E-state index >= 15 is 0 Å². The van der Waals surface area contributed by atoms with Gasteiger partial charge in [-0.15, -0.1) is 0 Å². The number of methoxy groups -OCH3 is 1. The van der Waals surface area contributed by atoms with Crippen molar-refractivity contribution in [1.29, 1.82) is 0 Å². The third-order valence-electron chi connectivity index (χ3n) is 4.70. The molecule has 0 saturated carbocycles. The summed E-state index contributed by atoms with van der Waals surface area (Å²) in [5.41, 5.74) is 2.53. The Kier molecular flexibility index (Phi) is 6.07. The van der Waals surface area contributed by atoms with E-state index in [1.54, 1.807) is 25.1 Å². The molecule has 0 saturated heterocycles. The summed E-state index contributed by atoms with van der Waals surface area (Å²) in [6, 6.07) is 12.5. The first kappa shape index (κ1) is 22.0. The largest absolute Gasteiger partial charge is 0.491 e. The molecule has 10 heteroatoms. The molecule has 0 atom stereocenters. The van der Waals surface area contributed by atoms with Gasteiger partial charge in [-0.2, -0.15) is 14.8 Å². The highest BCUT2D eigenvalue weighted by atomic mass is 19.1. The van der Waals surface area contributed by atoms with E-state index in [2.05, 4.69) is 25.7 Å². The lowest BCUT2D eigenvalue weighted by molar-refractivity contribution is 0.170. The molecule has 0 unspecified atom stereocenters. The van der Waals surface area contributed by atoms with E-state index < -0.39 is 11.9 Å². The number of halogens is 1. The van der Waals surface area contributed by atoms with Crippen molar-refractivity contribution >= 4 is 40.1 Å². The van der Waals surface area contributed by atoms with Crippen LogP contribution in [-0.4, -0.2) is 39.1 Å². The molecule has 33 heavy (non-hydrogen) atoms. The lowest BCUT2D eigenvalue weighted by atomic mass is 10.2. The van der Waals surface area contributed by atoms with Crippen molar-refractivity contribution in [2.24, 2.45) is 0 Å². The van der Waals surface area contributed by atoms with Gasteiger partial charge in [0.15, 0.2) is 11.6 Å². The second-order valence-electron chi connectivity index (χ2n) is 7.53. The van der Waals surface area contributed by atoms with E-state index in [0.717, 1.165) is 23.0 Å². The number of nitrogens with zero attached hydrogens (tertiary/aromatic N) is 4. The van der Waals surface area contributed by atoms with Gasteiger partial charge in [0.25, 0.3) is 0 Å². The van der Waals surface area contributed by atoms with Crippen molar-refractivity contribution in [3.05, 3.63) is 60.2 Å². The van der Waals surface area contributed by atoms with Crippen LogP contribution in [0, 0.1) is 12.7 Å². The van der Waals surface area contributed by atoms with Gasteiger partial charge in [0.2, 0.25) is 5.95 Å². The minimum absolute atomic E-state index is 0.00428. The number of rotatable bonds is 6. The molecule has 0 fully saturated rings. The second kappa shape index (κ2) is 9.11. The van der Waals surface area contributed by atoms with Gasteiger partial charge in [0, 0.05) is 16.8 Å². The Hall–Kier alpha value is -4.21. The molecular formula is C23H23FN6O3. The number of fused-ring (bicyclic) bond motifs is 1. The SMILES string of the molecule is COC(=O)n1nc(C)c2cc(Nc3nc(Nc4ccc(OC(C)C)cc4)ncc3F)ccc21. The zero-order valence-electron chi connectivity index (χ0n) is 18.6. The van der Waals surface area contributed by atoms with Crippen LogP contribution in [0.25, 0.3) is 10.9 Å². The van der Waals surface area contributed by atoms with Gasteiger partial charge in [-0.1, -0.05) is 0 Å². The number of carbonyl (C=O) groups is 1. The summed E-state index contributed by atoms with van der Waals surface area (Å²) in [6.45, 7) is 5.69. The van der Waals surface area contributed by atoms with Crippen LogP contribution in [0.4, 0.5) is 32.3 Å². The fraction of sp³-hybridized carbons (Fsp3) is 0.217. The number of aromatic nitrogens is 4. The molecule has 170 valence electrons. The summed E-state index contributed by atoms with van der Waals surface area (Å²) in [5, 5.41) is 10.9. The molecule has 0 aliphatic carbocycles. The minimum atomic E-state index is -0.608. The van der Waals surface area contributed by atoms with Crippen molar-refractivity contribution < 1.29 is 18.7 Å². The van der Waals surface area contributed by atoms with Crippen LogP contribution in [-0.2, 0) is 4.74 Å². The number of aryl methyl sites for hydroxylation is 1. The summed E-state index contributed by atoms with van der Waals surface area (Å²) >= 11 is 0. The summed E-state index contributed by atoms with van der Waals surface area (Å²) in [5.74, 6) is 0.374. The predicted octanol–water partition coefficient (Wildman–Crippen LogP) is 5.16. The highest BCUT2D eigenvalue weighted by Gasteiger charge is 2.15. The Morgan fingerprint density at radius 1 is 1.09 bits per heavy atom. The maximum absolute atomic E-state index is 14.4. The quantitative estimate of drug-likeness (QED) is 0.415. The molecule has 4 rings (SSSR count). The van der Waals surface area contributed by atoms with E-state index in [-0.39, 0.29) is 17.9 Å². The van der Waals surface area contributed by atoms with E-state index in [1.807, 2.05) is 38.1 Å². The first-order valence-electron chi connectivity index (χ1n) is 10.2. The van der Waals surface area contributed by atoms with E-state index in [1.165, 1.54) is 11.8 Å². The highest BCUT2D eigenvalue weighted by molar-refractivity contribution is 5.92. The standard InChI is InChI=1S/C23H23FN6O3/c1-13(2)33-17-8-5-15(6-9-17)27-22-25-12-19(24)21(28-22)26-16-7-10-20-18(11-16)14(3)29-30(20)23(31)32-4/h5-13H,1-4H3,(H2,25,26,27,28). The molecule has 0 bridgehead atoms. The molecule has 2 heterocycles. The van der Waals surface area contributed by atoms with Gasteiger partial charge in [0.1, 0.15) is 5.75 Å². The van der Waals surface area contributed by atoms with Crippen molar-refractivity contribution in [2.75, 3.05) is 17.7 Å². The average Bonchev–Trinajstić information content (AvgIpc) is 3.12. The van der Waals surface area contributed by atoms with Crippen molar-refractivity contribution in [3.8, 4) is 5.75 Å². The molecule has 0 aliphatic heterocycles. The number of nitrogens with one attached hydrogen (secondary N) is 2. The van der Waals surface area contributed by atoms with Crippen molar-refractivity contribution in [3.63, 3.8) is 0 Å². The monoisotopic (exact) mass is 450 g/mol. The Morgan fingerprint density at radius 3 is 2.52 bits per heavy atom. The fourth-order valence-corrected chi connectivity index (χ4v) is 3.24. The normalized spacial score (nSPS) is 11.0. The van der Waals surface area contributed by atoms with Gasteiger partial charge in [0.05, 0.1) is 30.6 Å². The third kappa shape index (κ3) is 4.84. The summed E-state index contributed by atoms with van der Waals surface area (Å²) in [7, 11) is 1.29. The zero-order chi connectivity index (χ0) is 23.5. The topological polar surface area (TPSA) is 103 Å². The number of hydrogen-bond acceptors (Lipinski definition) is 8. The van der Waals surface area contributed by atoms with Crippen LogP contribution < -0.4 is 15.4 Å². The first-order valence-corrected chi connectivity index (χ1v) is 10.2. The number of hydrogen-bond donors (Lipinski definition) is 2. The molecule has 2 aromatic carbocycles. The number of anilines is 4. The lowest BCUT2D eigenvalue weighted by Gasteiger charge is -2.12. The Bertz CT molecular complexity index is 1300. The molecule has 0 spiro atoms. The molecule has 0 radical (unpaired) electrons. The van der Waals surface area contributed by atoms with Crippen LogP contribution in [0.15, 0.2) is 48.7 Å². The van der Waals surface area contributed by atoms with Crippen molar-refractivity contribution in [2.45, 2.75) is 26.9 Å². The molecule has 0 aliphatic rings. The maximum atomic E-state index is 14.4. The van der Waals surface area contributed by atoms with Crippen molar-refractivity contribution in [1.82, 2.24) is 19.7 Å². The predicted molar refractivity (Wildman–Crippen MR) is 123 cm³/mol. The molecule has 4 aromatic rings. The highest BCUT2D eigenvalue weighted by Crippen LogP contribution is 2.26. The minimum Gasteiger partial charge on any atom is -0.491 e. The molecule has 2 N–H and O–H groups in total. The average molecular weight is 450 g/mol. The number of benzene rings is 2. The lowest BCUT2D eigenvalue weighted by Crippen LogP contribution is -2.12. The fourth-order valence-electron chi connectivity index (χ4n) is 3.24. The molecule has 0 amide bonds. The summed E-state index contributed by atoms with van der Waals surface area (Å²) in [6.07, 6.45) is 0.582. The van der Waals surface area contributed by atoms with Gasteiger partial charge < -0.3 is 20.1 Å². The smallest absolute Gasteiger partial charge is 0.434 e. The van der Waals surface area contributed by atoms with Crippen LogP contribution in [0.2, 0.25) is 0 Å². The van der Waals surface area contributed by atoms with Crippen LogP contribution in [0.3, 0.4) is 0 Å². The molecular weight excluding hydrogens is 427 g/mol. The summed E-state index contributed by atoms with van der Waals surface area (Å²) in [4.78, 5) is 20.2. The number of ether oxygens (including phenoxy) is 2. The molecule has 2 aromatic heterocycles. The Morgan fingerprint density at radius 2 is 1.82 bits per heavy atom. The molecule has 9 nitrogen and oxygen atoms in total. The van der Waals surface area contributed by atoms with Crippen LogP contribution in [0.1, 0.15) is 19.5 Å². The van der Waals surface area contributed by atoms with Gasteiger partial charge >= 0.3 is 6.09 Å². The van der Waals surface area contributed by atoms with Gasteiger partial charge in [-0.3, -0.25) is 0 Å². The van der Waals surface area contributed by atoms with Crippen LogP contribution >= 0.6 is 0 Å². The zero-order valence-corrected chi connectivity index (χ0v) is 18.6. The van der Waals surface area contributed by atoms with Crippen LogP contribution in [0.5, 0.6) is 5.75 Å². The van der Waals surface area contributed by atoms with E-state index in [0.29, 0.717) is 16.9 Å². The summed E-state index contributed by atoms with van der Waals surface area (Å²) < 4.78 is 26.0. The van der Waals surface area contributed by atoms with Gasteiger partial charge in [-0.05, 0) is 63.2 Å². The van der Waals surface area contributed by atoms with E-state index in [9.17, 15) is 9.18 Å². The second-order valence-corrected chi connectivity index (χ2v) is 7.53. The first-order chi connectivity index (χ1) is 15.8. The number of carbonyl (C=O) groups excluding carboxylic acids is 1. The third-order valence-corrected chi connectivity index (χ3v) is 4.70. The van der Waals surface area contributed by atoms with Gasteiger partial charge in [-0.25, -0.2) is 14.2 Å².